The van der Waals surface area contributed by atoms with Crippen molar-refractivity contribution in [2.45, 2.75) is 19.4 Å². The van der Waals surface area contributed by atoms with Crippen LogP contribution in [0.15, 0.2) is 95.5 Å². The zero-order chi connectivity index (χ0) is 25.1. The lowest BCUT2D eigenvalue weighted by Gasteiger charge is -2.11. The number of amides is 1. The summed E-state index contributed by atoms with van der Waals surface area (Å²) in [4.78, 5) is 26.9. The number of hydrogen-bond donors (Lipinski definition) is 3. The predicted molar refractivity (Wildman–Crippen MR) is 146 cm³/mol. The fourth-order valence-corrected chi connectivity index (χ4v) is 4.15. The van der Waals surface area contributed by atoms with Crippen LogP contribution >= 0.6 is 11.6 Å². The van der Waals surface area contributed by atoms with E-state index in [1.54, 1.807) is 24.3 Å². The molecule has 1 amide bonds. The smallest absolute Gasteiger partial charge is 0.248 e. The van der Waals surface area contributed by atoms with Gasteiger partial charge in [0, 0.05) is 33.3 Å². The number of nitrogens with zero attached hydrogens (tertiary/aromatic N) is 3. The number of fused-ring (bicyclic) bond motifs is 1. The number of rotatable bonds is 5. The Kier molecular flexibility index (Phi) is 6.56. The minimum atomic E-state index is -0.328. The summed E-state index contributed by atoms with van der Waals surface area (Å²) in [6.07, 6.45) is 2.09. The van der Waals surface area contributed by atoms with E-state index in [9.17, 15) is 4.79 Å². The van der Waals surface area contributed by atoms with E-state index in [1.165, 1.54) is 6.08 Å². The number of nitrogens with one attached hydrogen (secondary N) is 3. The van der Waals surface area contributed by atoms with Crippen LogP contribution in [-0.4, -0.2) is 33.5 Å². The molecule has 1 atom stereocenters. The molecule has 0 radical (unpaired) electrons. The van der Waals surface area contributed by atoms with Gasteiger partial charge in [0.2, 0.25) is 5.91 Å². The summed E-state index contributed by atoms with van der Waals surface area (Å²) >= 11 is 5.92. The lowest BCUT2D eigenvalue weighted by molar-refractivity contribution is -0.111. The van der Waals surface area contributed by atoms with Crippen molar-refractivity contribution in [2.24, 2.45) is 4.99 Å². The maximum Gasteiger partial charge on any atom is 0.248 e. The van der Waals surface area contributed by atoms with E-state index in [1.807, 2.05) is 61.5 Å². The van der Waals surface area contributed by atoms with Crippen molar-refractivity contribution in [1.29, 1.82) is 5.41 Å². The SMILES string of the molecule is CCC1N=C(Nc2nc(-c3ccccc3)nc3ccccc23)C(=N)/C1=C\C(=O)Nc1ccc(Cl)cc1. The molecule has 0 spiro atoms. The molecule has 0 bridgehead atoms. The molecule has 1 aromatic heterocycles. The van der Waals surface area contributed by atoms with Gasteiger partial charge in [-0.3, -0.25) is 15.2 Å². The molecule has 3 aromatic carbocycles. The highest BCUT2D eigenvalue weighted by molar-refractivity contribution is 6.52. The minimum absolute atomic E-state index is 0.164. The molecule has 1 aliphatic rings. The van der Waals surface area contributed by atoms with Gasteiger partial charge in [-0.1, -0.05) is 61.0 Å². The highest BCUT2D eigenvalue weighted by Gasteiger charge is 2.29. The Hall–Kier alpha value is -4.36. The van der Waals surface area contributed by atoms with Gasteiger partial charge in [-0.2, -0.15) is 0 Å². The molecule has 1 unspecified atom stereocenters. The van der Waals surface area contributed by atoms with Crippen LogP contribution in [0.1, 0.15) is 13.3 Å². The molecule has 4 aromatic rings. The lowest BCUT2D eigenvalue weighted by Crippen LogP contribution is -2.22. The second-order valence-electron chi connectivity index (χ2n) is 8.28. The first kappa shape index (κ1) is 23.4. The molecule has 7 nitrogen and oxygen atoms in total. The largest absolute Gasteiger partial charge is 0.323 e. The molecular formula is C28H23ClN6O. The molecule has 8 heteroatoms. The normalized spacial score (nSPS) is 16.3. The zero-order valence-electron chi connectivity index (χ0n) is 19.5. The Morgan fingerprint density at radius 2 is 1.72 bits per heavy atom. The number of carbonyl (C=O) groups is 1. The number of benzene rings is 3. The number of amidine groups is 1. The highest BCUT2D eigenvalue weighted by atomic mass is 35.5. The third-order valence-corrected chi connectivity index (χ3v) is 6.08. The van der Waals surface area contributed by atoms with Gasteiger partial charge >= 0.3 is 0 Å². The quantitative estimate of drug-likeness (QED) is 0.290. The van der Waals surface area contributed by atoms with Gasteiger partial charge in [-0.25, -0.2) is 9.97 Å². The number of aliphatic imine (C=N–C) groups is 1. The van der Waals surface area contributed by atoms with Crippen molar-refractivity contribution in [3.8, 4) is 11.4 Å². The van der Waals surface area contributed by atoms with Gasteiger partial charge < -0.3 is 10.6 Å². The average Bonchev–Trinajstić information content (AvgIpc) is 3.19. The third-order valence-electron chi connectivity index (χ3n) is 5.83. The topological polar surface area (TPSA) is 103 Å². The van der Waals surface area contributed by atoms with E-state index < -0.39 is 0 Å². The van der Waals surface area contributed by atoms with Gasteiger partial charge in [0.1, 0.15) is 11.5 Å². The Morgan fingerprint density at radius 3 is 2.47 bits per heavy atom. The molecule has 1 aliphatic heterocycles. The van der Waals surface area contributed by atoms with Gasteiger partial charge in [0.25, 0.3) is 0 Å². The summed E-state index contributed by atoms with van der Waals surface area (Å²) in [5.41, 5.74) is 3.01. The van der Waals surface area contributed by atoms with Crippen LogP contribution in [0.25, 0.3) is 22.3 Å². The molecule has 3 N–H and O–H groups in total. The van der Waals surface area contributed by atoms with Gasteiger partial charge in [-0.15, -0.1) is 0 Å². The zero-order valence-corrected chi connectivity index (χ0v) is 20.3. The van der Waals surface area contributed by atoms with Crippen molar-refractivity contribution in [3.05, 3.63) is 95.5 Å². The van der Waals surface area contributed by atoms with Crippen molar-refractivity contribution in [2.75, 3.05) is 10.6 Å². The number of hydrogen-bond acceptors (Lipinski definition) is 6. The van der Waals surface area contributed by atoms with E-state index in [-0.39, 0.29) is 17.7 Å². The first-order chi connectivity index (χ1) is 17.5. The molecule has 0 fully saturated rings. The van der Waals surface area contributed by atoms with Crippen molar-refractivity contribution < 1.29 is 4.79 Å². The predicted octanol–water partition coefficient (Wildman–Crippen LogP) is 6.14. The third kappa shape index (κ3) is 4.87. The fourth-order valence-electron chi connectivity index (χ4n) is 4.02. The summed E-state index contributed by atoms with van der Waals surface area (Å²) in [6.45, 7) is 1.98. The van der Waals surface area contributed by atoms with Gasteiger partial charge in [-0.05, 0) is 42.8 Å². The van der Waals surface area contributed by atoms with Gasteiger partial charge in [0.15, 0.2) is 11.7 Å². The summed E-state index contributed by atoms with van der Waals surface area (Å²) in [5.74, 6) is 1.18. The molecule has 0 saturated carbocycles. The first-order valence-corrected chi connectivity index (χ1v) is 11.9. The Labute approximate surface area is 213 Å². The first-order valence-electron chi connectivity index (χ1n) is 11.6. The molecule has 0 aliphatic carbocycles. The van der Waals surface area contributed by atoms with Crippen LogP contribution in [0.5, 0.6) is 0 Å². The van der Waals surface area contributed by atoms with Crippen LogP contribution in [-0.2, 0) is 4.79 Å². The Balaban J connectivity index is 1.44. The second-order valence-corrected chi connectivity index (χ2v) is 8.71. The molecule has 36 heavy (non-hydrogen) atoms. The minimum Gasteiger partial charge on any atom is -0.323 e. The van der Waals surface area contributed by atoms with Crippen LogP contribution in [0.3, 0.4) is 0 Å². The molecule has 5 rings (SSSR count). The van der Waals surface area contributed by atoms with Crippen molar-refractivity contribution in [3.63, 3.8) is 0 Å². The van der Waals surface area contributed by atoms with E-state index in [0.29, 0.717) is 40.2 Å². The summed E-state index contributed by atoms with van der Waals surface area (Å²) in [6, 6.07) is 24.0. The van der Waals surface area contributed by atoms with E-state index in [4.69, 9.17) is 32.0 Å². The Morgan fingerprint density at radius 1 is 1.00 bits per heavy atom. The summed E-state index contributed by atoms with van der Waals surface area (Å²) in [5, 5.41) is 16.2. The van der Waals surface area contributed by atoms with Crippen molar-refractivity contribution >= 4 is 51.5 Å². The van der Waals surface area contributed by atoms with Gasteiger partial charge in [0.05, 0.1) is 11.6 Å². The maximum absolute atomic E-state index is 12.7. The van der Waals surface area contributed by atoms with E-state index in [0.717, 1.165) is 16.5 Å². The molecule has 0 saturated heterocycles. The van der Waals surface area contributed by atoms with Crippen LogP contribution in [0, 0.1) is 5.41 Å². The number of aromatic nitrogens is 2. The van der Waals surface area contributed by atoms with Crippen molar-refractivity contribution in [1.82, 2.24) is 9.97 Å². The monoisotopic (exact) mass is 494 g/mol. The molecular weight excluding hydrogens is 472 g/mol. The average molecular weight is 495 g/mol. The Bertz CT molecular complexity index is 1510. The van der Waals surface area contributed by atoms with Crippen LogP contribution in [0.2, 0.25) is 5.02 Å². The maximum atomic E-state index is 12.7. The summed E-state index contributed by atoms with van der Waals surface area (Å²) < 4.78 is 0. The summed E-state index contributed by atoms with van der Waals surface area (Å²) in [7, 11) is 0. The number of halogens is 1. The van der Waals surface area contributed by atoms with E-state index in [2.05, 4.69) is 10.6 Å². The number of para-hydroxylation sites is 1. The fraction of sp³-hybridized carbons (Fsp3) is 0.107. The number of anilines is 2. The lowest BCUT2D eigenvalue weighted by atomic mass is 10.0. The van der Waals surface area contributed by atoms with Crippen LogP contribution < -0.4 is 10.6 Å². The highest BCUT2D eigenvalue weighted by Crippen LogP contribution is 2.27. The van der Waals surface area contributed by atoms with E-state index >= 15 is 0 Å². The molecule has 178 valence electrons. The molecule has 2 heterocycles. The number of carbonyl (C=O) groups excluding carboxylic acids is 1. The standard InChI is InChI=1S/C28H23ClN6O/c1-2-22-21(16-24(36)31-19-14-12-18(29)13-15-19)25(30)28(32-22)35-27-20-10-6-7-11-23(20)33-26(34-27)17-8-4-3-5-9-17/h3-16,22,30H,2H2,1H3,(H,31,36)(H,32,33,34,35)/b21-16-,30-25?. The van der Waals surface area contributed by atoms with Crippen LogP contribution in [0.4, 0.5) is 11.5 Å². The second kappa shape index (κ2) is 10.1.